The lowest BCUT2D eigenvalue weighted by Crippen LogP contribution is -2.47. The van der Waals surface area contributed by atoms with E-state index >= 15 is 0 Å². The molecule has 3 aliphatic rings. The Kier molecular flexibility index (Phi) is 6.10. The molecule has 1 aromatic heterocycles. The van der Waals surface area contributed by atoms with Gasteiger partial charge in [-0.1, -0.05) is 25.7 Å². The van der Waals surface area contributed by atoms with Gasteiger partial charge in [0.2, 0.25) is 12.3 Å². The number of Topliss-reactive ketones (excluding diaryl/α,β-unsaturated/α-hetero) is 1. The highest BCUT2D eigenvalue weighted by atomic mass is 19.1. The standard InChI is InChI=1S/C23H30FN3O4/c24-18-6-3-11-25-20(18)26-21(30)23(10-9-22(14-23)7-8-22)19(29)17(13-27(31)15-28)12-16-4-1-2-5-16/h3,6,11,15-17,31H,1-2,4-5,7-10,12-14H2,(H,25,26,30). The Bertz CT molecular complexity index is 853. The molecule has 31 heavy (non-hydrogen) atoms. The second kappa shape index (κ2) is 8.65. The zero-order valence-corrected chi connectivity index (χ0v) is 17.7. The summed E-state index contributed by atoms with van der Waals surface area (Å²) in [7, 11) is 0. The Morgan fingerprint density at radius 1 is 1.29 bits per heavy atom. The summed E-state index contributed by atoms with van der Waals surface area (Å²) in [5, 5.41) is 12.9. The fraction of sp³-hybridized carbons (Fsp3) is 0.652. The quantitative estimate of drug-likeness (QED) is 0.269. The van der Waals surface area contributed by atoms with Gasteiger partial charge in [0, 0.05) is 12.1 Å². The third kappa shape index (κ3) is 4.49. The number of halogens is 1. The van der Waals surface area contributed by atoms with Crippen LogP contribution in [0.4, 0.5) is 10.2 Å². The summed E-state index contributed by atoms with van der Waals surface area (Å²) in [5.74, 6) is -1.88. The van der Waals surface area contributed by atoms with Gasteiger partial charge in [-0.3, -0.25) is 19.6 Å². The molecule has 2 atom stereocenters. The van der Waals surface area contributed by atoms with Crippen LogP contribution in [0, 0.1) is 28.5 Å². The summed E-state index contributed by atoms with van der Waals surface area (Å²) < 4.78 is 14.1. The van der Waals surface area contributed by atoms with E-state index in [2.05, 4.69) is 10.3 Å². The third-order valence-corrected chi connectivity index (χ3v) is 7.61. The van der Waals surface area contributed by atoms with Gasteiger partial charge in [-0.2, -0.15) is 0 Å². The summed E-state index contributed by atoms with van der Waals surface area (Å²) in [6, 6.07) is 2.65. The molecule has 2 unspecified atom stereocenters. The Morgan fingerprint density at radius 2 is 2.00 bits per heavy atom. The van der Waals surface area contributed by atoms with Crippen LogP contribution in [0.3, 0.4) is 0 Å². The molecule has 1 spiro atoms. The minimum Gasteiger partial charge on any atom is -0.307 e. The van der Waals surface area contributed by atoms with Gasteiger partial charge in [0.25, 0.3) is 0 Å². The van der Waals surface area contributed by atoms with Crippen molar-refractivity contribution in [3.63, 3.8) is 0 Å². The van der Waals surface area contributed by atoms with E-state index in [-0.39, 0.29) is 23.6 Å². The summed E-state index contributed by atoms with van der Waals surface area (Å²) >= 11 is 0. The van der Waals surface area contributed by atoms with Gasteiger partial charge in [-0.25, -0.2) is 14.4 Å². The number of carbonyl (C=O) groups is 3. The molecule has 3 aliphatic carbocycles. The number of rotatable bonds is 9. The molecule has 2 amide bonds. The number of anilines is 1. The topological polar surface area (TPSA) is 99.6 Å². The zero-order chi connectivity index (χ0) is 22.1. The highest BCUT2D eigenvalue weighted by Crippen LogP contribution is 2.64. The van der Waals surface area contributed by atoms with Crippen LogP contribution in [0.15, 0.2) is 18.3 Å². The zero-order valence-electron chi connectivity index (χ0n) is 17.7. The van der Waals surface area contributed by atoms with E-state index in [1.807, 2.05) is 0 Å². The van der Waals surface area contributed by atoms with Crippen molar-refractivity contribution in [1.29, 1.82) is 0 Å². The molecular weight excluding hydrogens is 401 g/mol. The Balaban J connectivity index is 1.61. The molecular formula is C23H30FN3O4. The monoisotopic (exact) mass is 431 g/mol. The molecule has 168 valence electrons. The number of aromatic nitrogens is 1. The first kappa shape index (κ1) is 21.9. The Morgan fingerprint density at radius 3 is 2.61 bits per heavy atom. The predicted molar refractivity (Wildman–Crippen MR) is 110 cm³/mol. The summed E-state index contributed by atoms with van der Waals surface area (Å²) in [6.07, 6.45) is 10.1. The lowest BCUT2D eigenvalue weighted by atomic mass is 9.72. The summed E-state index contributed by atoms with van der Waals surface area (Å²) in [5.41, 5.74) is -1.27. The fourth-order valence-corrected chi connectivity index (χ4v) is 5.69. The number of pyridine rings is 1. The maximum Gasteiger partial charge on any atom is 0.239 e. The lowest BCUT2D eigenvalue weighted by Gasteiger charge is -2.32. The number of amides is 2. The number of nitrogens with zero attached hydrogens (tertiary/aromatic N) is 2. The van der Waals surface area contributed by atoms with Gasteiger partial charge in [-0.05, 0) is 62.0 Å². The van der Waals surface area contributed by atoms with Crippen molar-refractivity contribution in [3.05, 3.63) is 24.1 Å². The largest absolute Gasteiger partial charge is 0.307 e. The van der Waals surface area contributed by atoms with E-state index in [9.17, 15) is 24.0 Å². The van der Waals surface area contributed by atoms with Crippen LogP contribution in [0.5, 0.6) is 0 Å². The van der Waals surface area contributed by atoms with Crippen LogP contribution in [-0.4, -0.2) is 39.9 Å². The maximum atomic E-state index is 14.1. The number of carbonyl (C=O) groups excluding carboxylic acids is 3. The minimum absolute atomic E-state index is 0.0110. The molecule has 0 saturated heterocycles. The SMILES string of the molecule is O=CN(O)CC(CC1CCCC1)C(=O)C1(C(=O)Nc2ncccc2F)CCC2(CC2)C1. The summed E-state index contributed by atoms with van der Waals surface area (Å²) in [6.45, 7) is -0.126. The fourth-order valence-electron chi connectivity index (χ4n) is 5.69. The minimum atomic E-state index is -1.28. The van der Waals surface area contributed by atoms with Crippen molar-refractivity contribution >= 4 is 23.9 Å². The van der Waals surface area contributed by atoms with Crippen molar-refractivity contribution in [3.8, 4) is 0 Å². The van der Waals surface area contributed by atoms with Crippen molar-refractivity contribution in [2.75, 3.05) is 11.9 Å². The average Bonchev–Trinajstić information content (AvgIpc) is 3.13. The normalized spacial score (nSPS) is 25.4. The molecule has 7 nitrogen and oxygen atoms in total. The Labute approximate surface area is 181 Å². The van der Waals surface area contributed by atoms with E-state index in [1.54, 1.807) is 0 Å². The van der Waals surface area contributed by atoms with Crippen LogP contribution in [0.25, 0.3) is 0 Å². The number of hydrogen-bond donors (Lipinski definition) is 2. The molecule has 8 heteroatoms. The predicted octanol–water partition coefficient (Wildman–Crippen LogP) is 3.72. The van der Waals surface area contributed by atoms with E-state index in [1.165, 1.54) is 18.3 Å². The molecule has 1 heterocycles. The molecule has 0 aliphatic heterocycles. The van der Waals surface area contributed by atoms with Gasteiger partial charge >= 0.3 is 0 Å². The highest BCUT2D eigenvalue weighted by molar-refractivity contribution is 6.12. The van der Waals surface area contributed by atoms with Gasteiger partial charge in [0.1, 0.15) is 5.41 Å². The third-order valence-electron chi connectivity index (χ3n) is 7.61. The molecule has 3 fully saturated rings. The first-order valence-corrected chi connectivity index (χ1v) is 11.2. The van der Waals surface area contributed by atoms with Crippen molar-refractivity contribution < 1.29 is 24.0 Å². The molecule has 4 rings (SSSR count). The van der Waals surface area contributed by atoms with E-state index in [0.29, 0.717) is 36.7 Å². The Hall–Kier alpha value is -2.35. The second-order valence-corrected chi connectivity index (χ2v) is 9.72. The van der Waals surface area contributed by atoms with Crippen LogP contribution in [0.1, 0.15) is 64.2 Å². The molecule has 0 bridgehead atoms. The van der Waals surface area contributed by atoms with Crippen LogP contribution < -0.4 is 5.32 Å². The van der Waals surface area contributed by atoms with Gasteiger partial charge in [-0.15, -0.1) is 0 Å². The first-order valence-electron chi connectivity index (χ1n) is 11.2. The van der Waals surface area contributed by atoms with Gasteiger partial charge in [0.15, 0.2) is 17.4 Å². The maximum absolute atomic E-state index is 14.1. The first-order chi connectivity index (χ1) is 14.9. The van der Waals surface area contributed by atoms with Crippen LogP contribution in [0.2, 0.25) is 0 Å². The molecule has 1 aromatic rings. The van der Waals surface area contributed by atoms with E-state index < -0.39 is 23.1 Å². The van der Waals surface area contributed by atoms with Crippen LogP contribution in [-0.2, 0) is 14.4 Å². The molecule has 2 N–H and O–H groups in total. The summed E-state index contributed by atoms with van der Waals surface area (Å²) in [4.78, 5) is 42.3. The number of ketones is 1. The molecule has 0 aromatic carbocycles. The lowest BCUT2D eigenvalue weighted by molar-refractivity contribution is -0.157. The van der Waals surface area contributed by atoms with Crippen molar-refractivity contribution in [1.82, 2.24) is 10.0 Å². The average molecular weight is 432 g/mol. The smallest absolute Gasteiger partial charge is 0.239 e. The number of nitrogens with one attached hydrogen (secondary N) is 1. The van der Waals surface area contributed by atoms with Crippen LogP contribution >= 0.6 is 0 Å². The number of hydroxylamine groups is 2. The van der Waals surface area contributed by atoms with E-state index in [0.717, 1.165) is 44.9 Å². The van der Waals surface area contributed by atoms with Crippen molar-refractivity contribution in [2.45, 2.75) is 64.2 Å². The van der Waals surface area contributed by atoms with Gasteiger partial charge < -0.3 is 5.32 Å². The van der Waals surface area contributed by atoms with Gasteiger partial charge in [0.05, 0.1) is 6.54 Å². The second-order valence-electron chi connectivity index (χ2n) is 9.72. The molecule has 3 saturated carbocycles. The van der Waals surface area contributed by atoms with Crippen molar-refractivity contribution in [2.24, 2.45) is 22.7 Å². The molecule has 0 radical (unpaired) electrons. The number of hydrogen-bond acceptors (Lipinski definition) is 5. The van der Waals surface area contributed by atoms with E-state index in [4.69, 9.17) is 0 Å². The highest BCUT2D eigenvalue weighted by Gasteiger charge is 2.61.